The molecule has 0 aliphatic heterocycles. The van der Waals surface area contributed by atoms with Crippen LogP contribution in [0.4, 0.5) is 0 Å². The van der Waals surface area contributed by atoms with Crippen molar-refractivity contribution in [1.82, 2.24) is 0 Å². The molecule has 1 unspecified atom stereocenters. The third-order valence-corrected chi connectivity index (χ3v) is 4.27. The van der Waals surface area contributed by atoms with Crippen LogP contribution in [0.2, 0.25) is 0 Å². The summed E-state index contributed by atoms with van der Waals surface area (Å²) < 4.78 is 11.7. The molecule has 0 aliphatic rings. The zero-order valence-corrected chi connectivity index (χ0v) is 15.8. The predicted octanol–water partition coefficient (Wildman–Crippen LogP) is 5.56. The van der Waals surface area contributed by atoms with Gasteiger partial charge in [-0.1, -0.05) is 77.8 Å². The van der Waals surface area contributed by atoms with Crippen LogP contribution in [0.25, 0.3) is 20.9 Å². The van der Waals surface area contributed by atoms with Gasteiger partial charge < -0.3 is 9.47 Å². The monoisotopic (exact) mass is 380 g/mol. The Kier molecular flexibility index (Phi) is 9.41. The highest BCUT2D eigenvalue weighted by Crippen LogP contribution is 2.19. The quantitative estimate of drug-likeness (QED) is 0.272. The maximum atomic E-state index is 9.01. The van der Waals surface area contributed by atoms with E-state index >= 15 is 0 Å². The maximum absolute atomic E-state index is 9.01. The van der Waals surface area contributed by atoms with E-state index in [1.807, 2.05) is 67.6 Å². The van der Waals surface area contributed by atoms with E-state index < -0.39 is 18.2 Å². The fraction of sp³-hybridized carbons (Fsp3) is 0.400. The normalized spacial score (nSPS) is 13.6. The van der Waals surface area contributed by atoms with E-state index in [-0.39, 0.29) is 6.61 Å². The molecular weight excluding hydrogens is 356 g/mol. The summed E-state index contributed by atoms with van der Waals surface area (Å²) in [5.41, 5.74) is 20.0. The van der Waals surface area contributed by atoms with Gasteiger partial charge in [-0.3, -0.25) is 0 Å². The van der Waals surface area contributed by atoms with Gasteiger partial charge in [0, 0.05) is 9.82 Å². The molecule has 0 spiro atoms. The molecule has 0 heterocycles. The van der Waals surface area contributed by atoms with Crippen molar-refractivity contribution in [1.29, 1.82) is 0 Å². The van der Waals surface area contributed by atoms with Crippen molar-refractivity contribution in [2.24, 2.45) is 10.2 Å². The Balaban J connectivity index is 2.04. The van der Waals surface area contributed by atoms with Crippen molar-refractivity contribution >= 4 is 0 Å². The van der Waals surface area contributed by atoms with Crippen LogP contribution >= 0.6 is 0 Å². The summed E-state index contributed by atoms with van der Waals surface area (Å²) >= 11 is 0. The van der Waals surface area contributed by atoms with E-state index in [1.54, 1.807) is 0 Å². The highest BCUT2D eigenvalue weighted by Gasteiger charge is 2.28. The second-order valence-corrected chi connectivity index (χ2v) is 6.21. The molecule has 0 fully saturated rings. The zero-order chi connectivity index (χ0) is 20.0. The molecule has 0 saturated heterocycles. The summed E-state index contributed by atoms with van der Waals surface area (Å²) in [4.78, 5) is 5.84. The maximum Gasteiger partial charge on any atom is 0.0743 e. The number of rotatable bonds is 12. The second kappa shape index (κ2) is 12.4. The molecule has 0 saturated carbocycles. The Labute approximate surface area is 164 Å². The van der Waals surface area contributed by atoms with Gasteiger partial charge in [0.15, 0.2) is 0 Å². The second-order valence-electron chi connectivity index (χ2n) is 6.21. The van der Waals surface area contributed by atoms with Crippen molar-refractivity contribution in [2.45, 2.75) is 44.7 Å². The largest absolute Gasteiger partial charge is 0.376 e. The first-order valence-corrected chi connectivity index (χ1v) is 9.14. The number of hydrogen-bond acceptors (Lipinski definition) is 4. The standard InChI is InChI=1S/C20H24N6O2/c1-2-19(28-14-17-11-7-4-8-12-17)20(24-26-22)18(23-25-21)15-27-13-16-9-5-3-6-10-16/h3-12,18-20H,2,13-15H2,1H3/t18-,19?,20+/m0/s1. The zero-order valence-electron chi connectivity index (χ0n) is 15.8. The fourth-order valence-electron chi connectivity index (χ4n) is 2.83. The summed E-state index contributed by atoms with van der Waals surface area (Å²) in [6, 6.07) is 18.1. The first-order valence-electron chi connectivity index (χ1n) is 9.14. The van der Waals surface area contributed by atoms with Crippen molar-refractivity contribution in [3.8, 4) is 0 Å². The number of hydrogen-bond donors (Lipinski definition) is 0. The number of nitrogens with zero attached hydrogens (tertiary/aromatic N) is 6. The predicted molar refractivity (Wildman–Crippen MR) is 107 cm³/mol. The van der Waals surface area contributed by atoms with E-state index in [4.69, 9.17) is 20.5 Å². The molecule has 0 aliphatic carbocycles. The molecule has 0 N–H and O–H groups in total. The lowest BCUT2D eigenvalue weighted by atomic mass is 10.0. The van der Waals surface area contributed by atoms with E-state index in [9.17, 15) is 0 Å². The fourth-order valence-corrected chi connectivity index (χ4v) is 2.83. The molecule has 8 nitrogen and oxygen atoms in total. The minimum absolute atomic E-state index is 0.133. The van der Waals surface area contributed by atoms with Gasteiger partial charge in [0.2, 0.25) is 0 Å². The van der Waals surface area contributed by atoms with Gasteiger partial charge in [-0.05, 0) is 28.6 Å². The molecule has 0 aromatic heterocycles. The first kappa shape index (κ1) is 21.3. The average molecular weight is 380 g/mol. The topological polar surface area (TPSA) is 116 Å². The molecule has 2 aromatic rings. The summed E-state index contributed by atoms with van der Waals surface area (Å²) in [6.45, 7) is 2.83. The van der Waals surface area contributed by atoms with Crippen LogP contribution in [-0.4, -0.2) is 24.8 Å². The average Bonchev–Trinajstić information content (AvgIpc) is 2.74. The minimum atomic E-state index is -0.662. The molecule has 3 atom stereocenters. The van der Waals surface area contributed by atoms with E-state index in [1.165, 1.54) is 0 Å². The number of benzene rings is 2. The van der Waals surface area contributed by atoms with Crippen molar-refractivity contribution < 1.29 is 9.47 Å². The van der Waals surface area contributed by atoms with Crippen LogP contribution in [0.15, 0.2) is 70.9 Å². The summed E-state index contributed by atoms with van der Waals surface area (Å²) in [6.07, 6.45) is 0.207. The van der Waals surface area contributed by atoms with Gasteiger partial charge >= 0.3 is 0 Å². The Morgan fingerprint density at radius 3 is 1.96 bits per heavy atom. The van der Waals surface area contributed by atoms with E-state index in [2.05, 4.69) is 20.1 Å². The molecular formula is C20H24N6O2. The SMILES string of the molecule is CCC(OCc1ccccc1)[C@H](N=[N+]=[N-])[C@H](COCc1ccccc1)N=[N+]=[N-]. The minimum Gasteiger partial charge on any atom is -0.376 e. The van der Waals surface area contributed by atoms with Gasteiger partial charge in [-0.2, -0.15) is 0 Å². The van der Waals surface area contributed by atoms with Crippen LogP contribution < -0.4 is 0 Å². The summed E-state index contributed by atoms with van der Waals surface area (Å²) in [5.74, 6) is 0. The molecule has 0 radical (unpaired) electrons. The first-order chi connectivity index (χ1) is 13.8. The lowest BCUT2D eigenvalue weighted by molar-refractivity contribution is 0.00423. The lowest BCUT2D eigenvalue weighted by Gasteiger charge is -2.27. The Morgan fingerprint density at radius 2 is 1.43 bits per heavy atom. The molecule has 8 heteroatoms. The molecule has 146 valence electrons. The van der Waals surface area contributed by atoms with Crippen LogP contribution in [0, 0.1) is 0 Å². The number of ether oxygens (including phenoxy) is 2. The lowest BCUT2D eigenvalue weighted by Crippen LogP contribution is -2.38. The van der Waals surface area contributed by atoms with Gasteiger partial charge in [-0.15, -0.1) is 0 Å². The molecule has 2 aromatic carbocycles. The van der Waals surface area contributed by atoms with Crippen LogP contribution in [0.5, 0.6) is 0 Å². The highest BCUT2D eigenvalue weighted by atomic mass is 16.5. The van der Waals surface area contributed by atoms with E-state index in [0.717, 1.165) is 11.1 Å². The van der Waals surface area contributed by atoms with Gasteiger partial charge in [0.25, 0.3) is 0 Å². The summed E-state index contributed by atoms with van der Waals surface area (Å²) in [7, 11) is 0. The Bertz CT molecular complexity index is 789. The smallest absolute Gasteiger partial charge is 0.0743 e. The van der Waals surface area contributed by atoms with Gasteiger partial charge in [-0.25, -0.2) is 0 Å². The van der Waals surface area contributed by atoms with Crippen LogP contribution in [0.3, 0.4) is 0 Å². The van der Waals surface area contributed by atoms with Crippen LogP contribution in [0.1, 0.15) is 24.5 Å². The van der Waals surface area contributed by atoms with Crippen molar-refractivity contribution in [3.05, 3.63) is 92.7 Å². The third kappa shape index (κ3) is 6.95. The van der Waals surface area contributed by atoms with E-state index in [0.29, 0.717) is 19.6 Å². The number of azide groups is 2. The molecule has 2 rings (SSSR count). The Hall–Kier alpha value is -3.02. The van der Waals surface area contributed by atoms with Crippen molar-refractivity contribution in [2.75, 3.05) is 6.61 Å². The molecule has 0 bridgehead atoms. The van der Waals surface area contributed by atoms with Gasteiger partial charge in [0.1, 0.15) is 0 Å². The third-order valence-electron chi connectivity index (χ3n) is 4.27. The molecule has 0 amide bonds. The molecule has 28 heavy (non-hydrogen) atoms. The Morgan fingerprint density at radius 1 is 0.857 bits per heavy atom. The highest BCUT2D eigenvalue weighted by molar-refractivity contribution is 5.14. The van der Waals surface area contributed by atoms with Gasteiger partial charge in [0.05, 0.1) is 38.0 Å². The summed E-state index contributed by atoms with van der Waals surface area (Å²) in [5, 5.41) is 7.67. The van der Waals surface area contributed by atoms with Crippen molar-refractivity contribution in [3.63, 3.8) is 0 Å². The van der Waals surface area contributed by atoms with Crippen LogP contribution in [-0.2, 0) is 22.7 Å².